The van der Waals surface area contributed by atoms with Gasteiger partial charge in [0.25, 0.3) is 0 Å². The zero-order valence-corrected chi connectivity index (χ0v) is 18.7. The summed E-state index contributed by atoms with van der Waals surface area (Å²) in [5.41, 5.74) is 0.946. The number of benzene rings is 1. The number of hydroxylamine groups is 2. The lowest BCUT2D eigenvalue weighted by Gasteiger charge is -2.34. The van der Waals surface area contributed by atoms with Gasteiger partial charge in [-0.15, -0.1) is 0 Å². The van der Waals surface area contributed by atoms with E-state index in [1.54, 1.807) is 12.7 Å². The summed E-state index contributed by atoms with van der Waals surface area (Å²) in [5.74, 6) is 0. The summed E-state index contributed by atoms with van der Waals surface area (Å²) in [4.78, 5) is 10.4. The molecule has 1 saturated heterocycles. The first-order valence-corrected chi connectivity index (χ1v) is 11.5. The molecular weight excluding hydrogens is 384 g/mol. The SMILES string of the molecule is CCCCCCCCCCC1CC(Cn2cncn2)(c2ccc(Cl)cc2)N(C)O1. The van der Waals surface area contributed by atoms with Crippen LogP contribution in [0.2, 0.25) is 5.02 Å². The van der Waals surface area contributed by atoms with Gasteiger partial charge in [0.2, 0.25) is 0 Å². The van der Waals surface area contributed by atoms with E-state index in [1.165, 1.54) is 56.9 Å². The van der Waals surface area contributed by atoms with Crippen LogP contribution in [-0.4, -0.2) is 33.0 Å². The van der Waals surface area contributed by atoms with E-state index < -0.39 is 0 Å². The molecule has 0 radical (unpaired) electrons. The molecule has 1 fully saturated rings. The van der Waals surface area contributed by atoms with Gasteiger partial charge in [0.05, 0.1) is 18.2 Å². The molecule has 0 N–H and O–H groups in total. The molecule has 6 heteroatoms. The van der Waals surface area contributed by atoms with Crippen LogP contribution >= 0.6 is 11.6 Å². The average molecular weight is 419 g/mol. The van der Waals surface area contributed by atoms with E-state index in [0.717, 1.165) is 17.9 Å². The first-order valence-electron chi connectivity index (χ1n) is 11.1. The molecule has 160 valence electrons. The van der Waals surface area contributed by atoms with E-state index in [0.29, 0.717) is 6.54 Å². The standard InChI is InChI=1S/C23H35ClN4O/c1-3-4-5-6-7-8-9-10-11-22-16-23(27(2)29-22,17-28-19-25-18-26-28)20-12-14-21(24)15-13-20/h12-15,18-19,22H,3-11,16-17H2,1-2H3. The number of hydrogen-bond acceptors (Lipinski definition) is 4. The Morgan fingerprint density at radius 1 is 1.07 bits per heavy atom. The molecule has 0 aliphatic carbocycles. The number of nitrogens with zero attached hydrogens (tertiary/aromatic N) is 4. The number of halogens is 1. The molecule has 5 nitrogen and oxygen atoms in total. The van der Waals surface area contributed by atoms with Gasteiger partial charge in [0.15, 0.2) is 0 Å². The lowest BCUT2D eigenvalue weighted by Crippen LogP contribution is -2.41. The summed E-state index contributed by atoms with van der Waals surface area (Å²) in [5, 5.41) is 7.13. The minimum Gasteiger partial charge on any atom is -0.295 e. The van der Waals surface area contributed by atoms with Gasteiger partial charge in [-0.05, 0) is 24.1 Å². The summed E-state index contributed by atoms with van der Waals surface area (Å²) in [7, 11) is 2.04. The minimum atomic E-state index is -0.261. The quantitative estimate of drug-likeness (QED) is 0.397. The van der Waals surface area contributed by atoms with Crippen LogP contribution in [0.15, 0.2) is 36.9 Å². The van der Waals surface area contributed by atoms with Crippen LogP contribution in [0.1, 0.15) is 76.7 Å². The minimum absolute atomic E-state index is 0.235. The highest BCUT2D eigenvalue weighted by molar-refractivity contribution is 6.30. The van der Waals surface area contributed by atoms with Gasteiger partial charge in [-0.1, -0.05) is 82.0 Å². The van der Waals surface area contributed by atoms with Crippen LogP contribution in [0, 0.1) is 0 Å². The third kappa shape index (κ3) is 6.03. The van der Waals surface area contributed by atoms with E-state index in [9.17, 15) is 0 Å². The summed E-state index contributed by atoms with van der Waals surface area (Å²) in [6, 6.07) is 8.13. The molecule has 1 aliphatic rings. The normalized spacial score (nSPS) is 22.4. The third-order valence-electron chi connectivity index (χ3n) is 6.13. The molecule has 2 atom stereocenters. The van der Waals surface area contributed by atoms with Crippen molar-refractivity contribution in [2.24, 2.45) is 0 Å². The second kappa shape index (κ2) is 11.1. The number of unbranched alkanes of at least 4 members (excludes halogenated alkanes) is 7. The van der Waals surface area contributed by atoms with E-state index in [2.05, 4.69) is 29.1 Å². The van der Waals surface area contributed by atoms with Crippen LogP contribution in [-0.2, 0) is 16.9 Å². The summed E-state index contributed by atoms with van der Waals surface area (Å²) in [6.45, 7) is 2.98. The fourth-order valence-electron chi connectivity index (χ4n) is 4.43. The lowest BCUT2D eigenvalue weighted by molar-refractivity contribution is -0.176. The molecule has 2 unspecified atom stereocenters. The lowest BCUT2D eigenvalue weighted by atomic mass is 9.84. The Balaban J connectivity index is 1.57. The Morgan fingerprint density at radius 2 is 1.76 bits per heavy atom. The van der Waals surface area contributed by atoms with Crippen LogP contribution in [0.25, 0.3) is 0 Å². The Bertz CT molecular complexity index is 706. The molecule has 3 rings (SSSR count). The largest absolute Gasteiger partial charge is 0.295 e. The first-order chi connectivity index (χ1) is 14.1. The topological polar surface area (TPSA) is 43.2 Å². The predicted octanol–water partition coefficient (Wildman–Crippen LogP) is 5.99. The Morgan fingerprint density at radius 3 is 2.41 bits per heavy atom. The van der Waals surface area contributed by atoms with Crippen molar-refractivity contribution >= 4 is 11.6 Å². The molecule has 29 heavy (non-hydrogen) atoms. The third-order valence-corrected chi connectivity index (χ3v) is 6.38. The smallest absolute Gasteiger partial charge is 0.137 e. The van der Waals surface area contributed by atoms with Crippen molar-refractivity contribution < 1.29 is 4.84 Å². The Kier molecular flexibility index (Phi) is 8.52. The van der Waals surface area contributed by atoms with Crippen molar-refractivity contribution in [3.63, 3.8) is 0 Å². The van der Waals surface area contributed by atoms with Crippen LogP contribution in [0.3, 0.4) is 0 Å². The van der Waals surface area contributed by atoms with E-state index in [-0.39, 0.29) is 11.6 Å². The van der Waals surface area contributed by atoms with Gasteiger partial charge >= 0.3 is 0 Å². The molecule has 1 aliphatic heterocycles. The van der Waals surface area contributed by atoms with E-state index >= 15 is 0 Å². The maximum Gasteiger partial charge on any atom is 0.137 e. The zero-order chi connectivity index (χ0) is 20.5. The van der Waals surface area contributed by atoms with Crippen molar-refractivity contribution in [2.45, 2.75) is 89.3 Å². The van der Waals surface area contributed by atoms with Gasteiger partial charge in [0, 0.05) is 18.5 Å². The Hall–Kier alpha value is -1.43. The highest BCUT2D eigenvalue weighted by Crippen LogP contribution is 2.42. The maximum atomic E-state index is 6.31. The van der Waals surface area contributed by atoms with Crippen molar-refractivity contribution in [1.82, 2.24) is 19.8 Å². The molecule has 0 amide bonds. The first kappa shape index (κ1) is 22.3. The number of hydrogen-bond donors (Lipinski definition) is 0. The van der Waals surface area contributed by atoms with Crippen molar-refractivity contribution in [2.75, 3.05) is 7.05 Å². The van der Waals surface area contributed by atoms with Crippen molar-refractivity contribution in [3.05, 3.63) is 47.5 Å². The highest BCUT2D eigenvalue weighted by atomic mass is 35.5. The van der Waals surface area contributed by atoms with E-state index in [1.807, 2.05) is 28.9 Å². The monoisotopic (exact) mass is 418 g/mol. The zero-order valence-electron chi connectivity index (χ0n) is 17.9. The summed E-state index contributed by atoms with van der Waals surface area (Å²) < 4.78 is 1.90. The van der Waals surface area contributed by atoms with E-state index in [4.69, 9.17) is 16.4 Å². The summed E-state index contributed by atoms with van der Waals surface area (Å²) >= 11 is 6.14. The maximum absolute atomic E-state index is 6.31. The van der Waals surface area contributed by atoms with Gasteiger partial charge in [-0.3, -0.25) is 9.52 Å². The highest BCUT2D eigenvalue weighted by Gasteiger charge is 2.46. The summed E-state index contributed by atoms with van der Waals surface area (Å²) in [6.07, 6.45) is 16.3. The number of likely N-dealkylation sites (N-methyl/N-ethyl adjacent to an activating group) is 1. The Labute approximate surface area is 180 Å². The average Bonchev–Trinajstić information content (AvgIpc) is 3.33. The fourth-order valence-corrected chi connectivity index (χ4v) is 4.55. The van der Waals surface area contributed by atoms with Crippen molar-refractivity contribution in [1.29, 1.82) is 0 Å². The van der Waals surface area contributed by atoms with Gasteiger partial charge in [0.1, 0.15) is 12.7 Å². The fraction of sp³-hybridized carbons (Fsp3) is 0.652. The molecular formula is C23H35ClN4O. The molecule has 1 aromatic carbocycles. The molecule has 0 bridgehead atoms. The molecule has 2 aromatic rings. The van der Waals surface area contributed by atoms with Crippen LogP contribution < -0.4 is 0 Å². The van der Waals surface area contributed by atoms with Gasteiger partial charge in [-0.25, -0.2) is 4.98 Å². The number of aromatic nitrogens is 3. The van der Waals surface area contributed by atoms with Crippen LogP contribution in [0.4, 0.5) is 0 Å². The van der Waals surface area contributed by atoms with Crippen LogP contribution in [0.5, 0.6) is 0 Å². The van der Waals surface area contributed by atoms with Gasteiger partial charge in [-0.2, -0.15) is 10.2 Å². The molecule has 0 saturated carbocycles. The molecule has 1 aromatic heterocycles. The second-order valence-electron chi connectivity index (χ2n) is 8.32. The molecule has 2 heterocycles. The second-order valence-corrected chi connectivity index (χ2v) is 8.76. The number of rotatable bonds is 12. The molecule has 0 spiro atoms. The van der Waals surface area contributed by atoms with Gasteiger partial charge < -0.3 is 0 Å². The van der Waals surface area contributed by atoms with Crippen molar-refractivity contribution in [3.8, 4) is 0 Å². The predicted molar refractivity (Wildman–Crippen MR) is 118 cm³/mol.